The zero-order valence-corrected chi connectivity index (χ0v) is 14.3. The molecule has 1 unspecified atom stereocenters. The molecule has 2 aromatic heterocycles. The van der Waals surface area contributed by atoms with Crippen molar-refractivity contribution in [1.29, 1.82) is 0 Å². The van der Waals surface area contributed by atoms with E-state index in [2.05, 4.69) is 38.1 Å². The van der Waals surface area contributed by atoms with Gasteiger partial charge in [-0.05, 0) is 47.0 Å². The highest BCUT2D eigenvalue weighted by Gasteiger charge is 2.27. The van der Waals surface area contributed by atoms with Crippen LogP contribution in [0.25, 0.3) is 0 Å². The van der Waals surface area contributed by atoms with Crippen molar-refractivity contribution in [2.24, 2.45) is 7.05 Å². The van der Waals surface area contributed by atoms with E-state index in [4.69, 9.17) is 4.98 Å². The van der Waals surface area contributed by atoms with Gasteiger partial charge in [-0.3, -0.25) is 4.68 Å². The van der Waals surface area contributed by atoms with Gasteiger partial charge in [0.25, 0.3) is 0 Å². The molecule has 0 saturated carbocycles. The monoisotopic (exact) mass is 304 g/mol. The molecular formula is C16H24N4S. The maximum atomic E-state index is 4.93. The predicted molar refractivity (Wildman–Crippen MR) is 86.9 cm³/mol. The molecule has 1 aliphatic rings. The number of thiazole rings is 1. The van der Waals surface area contributed by atoms with E-state index in [9.17, 15) is 0 Å². The van der Waals surface area contributed by atoms with Crippen LogP contribution in [0.2, 0.25) is 0 Å². The number of aryl methyl sites for hydroxylation is 4. The van der Waals surface area contributed by atoms with Gasteiger partial charge in [0, 0.05) is 29.2 Å². The highest BCUT2D eigenvalue weighted by molar-refractivity contribution is 7.11. The van der Waals surface area contributed by atoms with Gasteiger partial charge in [-0.1, -0.05) is 0 Å². The van der Waals surface area contributed by atoms with Crippen LogP contribution in [-0.4, -0.2) is 20.8 Å². The zero-order valence-electron chi connectivity index (χ0n) is 13.5. The van der Waals surface area contributed by atoms with E-state index < -0.39 is 0 Å². The van der Waals surface area contributed by atoms with Crippen molar-refractivity contribution in [3.8, 4) is 0 Å². The molecule has 0 spiro atoms. The maximum Gasteiger partial charge on any atom is 0.115 e. The Morgan fingerprint density at radius 3 is 2.57 bits per heavy atom. The molecule has 2 aromatic rings. The van der Waals surface area contributed by atoms with Crippen LogP contribution in [0, 0.1) is 13.8 Å². The van der Waals surface area contributed by atoms with Crippen LogP contribution in [0.4, 0.5) is 0 Å². The summed E-state index contributed by atoms with van der Waals surface area (Å²) in [5.41, 5.74) is 4.94. The summed E-state index contributed by atoms with van der Waals surface area (Å²) in [6.07, 6.45) is 3.61. The van der Waals surface area contributed by atoms with Crippen molar-refractivity contribution in [3.05, 3.63) is 32.5 Å². The molecule has 0 aromatic carbocycles. The topological polar surface area (TPSA) is 42.7 Å². The van der Waals surface area contributed by atoms with Gasteiger partial charge < -0.3 is 5.32 Å². The molecule has 0 fully saturated rings. The summed E-state index contributed by atoms with van der Waals surface area (Å²) in [4.78, 5) is 6.42. The Kier molecular flexibility index (Phi) is 3.88. The molecular weight excluding hydrogens is 280 g/mol. The zero-order chi connectivity index (χ0) is 15.1. The molecule has 0 bridgehead atoms. The molecule has 1 aliphatic carbocycles. The second-order valence-electron chi connectivity index (χ2n) is 6.24. The van der Waals surface area contributed by atoms with E-state index in [1.165, 1.54) is 39.7 Å². The number of nitrogens with zero attached hydrogens (tertiary/aromatic N) is 3. The van der Waals surface area contributed by atoms with Crippen molar-refractivity contribution >= 4 is 11.3 Å². The lowest BCUT2D eigenvalue weighted by molar-refractivity contribution is 0.522. The summed E-state index contributed by atoms with van der Waals surface area (Å²) in [5, 5.41) is 9.47. The molecule has 1 atom stereocenters. The summed E-state index contributed by atoms with van der Waals surface area (Å²) >= 11 is 1.88. The molecule has 4 nitrogen and oxygen atoms in total. The Hall–Kier alpha value is -1.20. The summed E-state index contributed by atoms with van der Waals surface area (Å²) in [6.45, 7) is 8.62. The Morgan fingerprint density at radius 1 is 1.24 bits per heavy atom. The molecule has 3 rings (SSSR count). The van der Waals surface area contributed by atoms with Crippen LogP contribution in [-0.2, 0) is 19.9 Å². The van der Waals surface area contributed by atoms with Gasteiger partial charge in [-0.15, -0.1) is 11.3 Å². The number of rotatable bonds is 4. The highest BCUT2D eigenvalue weighted by atomic mass is 32.1. The first kappa shape index (κ1) is 14.7. The van der Waals surface area contributed by atoms with Gasteiger partial charge in [-0.2, -0.15) is 5.10 Å². The predicted octanol–water partition coefficient (Wildman–Crippen LogP) is 3.07. The molecule has 21 heavy (non-hydrogen) atoms. The number of hydrogen-bond donors (Lipinski definition) is 1. The van der Waals surface area contributed by atoms with Crippen LogP contribution >= 0.6 is 11.3 Å². The van der Waals surface area contributed by atoms with Crippen LogP contribution in [0.1, 0.15) is 58.8 Å². The lowest BCUT2D eigenvalue weighted by Crippen LogP contribution is -2.29. The molecule has 0 radical (unpaired) electrons. The first-order valence-electron chi connectivity index (χ1n) is 7.72. The van der Waals surface area contributed by atoms with Crippen molar-refractivity contribution < 1.29 is 0 Å². The lowest BCUT2D eigenvalue weighted by Gasteiger charge is -2.20. The summed E-state index contributed by atoms with van der Waals surface area (Å²) in [6, 6.07) is 0.571. The van der Waals surface area contributed by atoms with Crippen molar-refractivity contribution in [2.75, 3.05) is 0 Å². The van der Waals surface area contributed by atoms with Crippen molar-refractivity contribution in [2.45, 2.75) is 59.0 Å². The van der Waals surface area contributed by atoms with Gasteiger partial charge in [0.15, 0.2) is 0 Å². The second-order valence-corrected chi connectivity index (χ2v) is 7.35. The van der Waals surface area contributed by atoms with Gasteiger partial charge >= 0.3 is 0 Å². The molecule has 0 saturated heterocycles. The Morgan fingerprint density at radius 2 is 2.00 bits per heavy atom. The fourth-order valence-electron chi connectivity index (χ4n) is 3.15. The molecule has 114 valence electrons. The van der Waals surface area contributed by atoms with Gasteiger partial charge in [0.1, 0.15) is 5.01 Å². The number of nitrogens with one attached hydrogen (secondary N) is 1. The standard InChI is InChI=1S/C16H24N4S/c1-9(2)17-15(14-10(3)19-20(5)11(14)4)16-18-12-7-6-8-13(12)21-16/h9,15,17H,6-8H2,1-5H3. The average Bonchev–Trinajstić information content (AvgIpc) is 3.02. The number of hydrogen-bond acceptors (Lipinski definition) is 4. The maximum absolute atomic E-state index is 4.93. The third-order valence-electron chi connectivity index (χ3n) is 4.21. The number of aromatic nitrogens is 3. The van der Waals surface area contributed by atoms with Crippen LogP contribution in [0.3, 0.4) is 0 Å². The first-order chi connectivity index (χ1) is 9.97. The molecule has 5 heteroatoms. The quantitative estimate of drug-likeness (QED) is 0.944. The smallest absolute Gasteiger partial charge is 0.115 e. The molecule has 1 N–H and O–H groups in total. The molecule has 0 aliphatic heterocycles. The van der Waals surface area contributed by atoms with E-state index in [0.717, 1.165) is 12.1 Å². The SMILES string of the molecule is Cc1nn(C)c(C)c1C(NC(C)C)c1nc2c(s1)CCC2. The minimum atomic E-state index is 0.161. The summed E-state index contributed by atoms with van der Waals surface area (Å²) in [7, 11) is 2.01. The van der Waals surface area contributed by atoms with E-state index in [0.29, 0.717) is 6.04 Å². The second kappa shape index (κ2) is 5.54. The highest BCUT2D eigenvalue weighted by Crippen LogP contribution is 2.35. The minimum Gasteiger partial charge on any atom is -0.302 e. The van der Waals surface area contributed by atoms with E-state index in [-0.39, 0.29) is 6.04 Å². The fraction of sp³-hybridized carbons (Fsp3) is 0.625. The van der Waals surface area contributed by atoms with E-state index in [1.54, 1.807) is 0 Å². The number of fused-ring (bicyclic) bond motifs is 1. The van der Waals surface area contributed by atoms with Crippen LogP contribution in [0.15, 0.2) is 0 Å². The Labute approximate surface area is 130 Å². The molecule has 0 amide bonds. The summed E-state index contributed by atoms with van der Waals surface area (Å²) in [5.74, 6) is 0. The van der Waals surface area contributed by atoms with Gasteiger partial charge in [0.05, 0.1) is 17.4 Å². The Bertz CT molecular complexity index is 632. The van der Waals surface area contributed by atoms with Gasteiger partial charge in [0.2, 0.25) is 0 Å². The van der Waals surface area contributed by atoms with Crippen molar-refractivity contribution in [3.63, 3.8) is 0 Å². The normalized spacial score (nSPS) is 15.7. The minimum absolute atomic E-state index is 0.161. The third kappa shape index (κ3) is 2.64. The van der Waals surface area contributed by atoms with Gasteiger partial charge in [-0.25, -0.2) is 4.98 Å². The largest absolute Gasteiger partial charge is 0.302 e. The van der Waals surface area contributed by atoms with Crippen molar-refractivity contribution in [1.82, 2.24) is 20.1 Å². The van der Waals surface area contributed by atoms with E-state index >= 15 is 0 Å². The van der Waals surface area contributed by atoms with Crippen LogP contribution in [0.5, 0.6) is 0 Å². The fourth-order valence-corrected chi connectivity index (χ4v) is 4.38. The van der Waals surface area contributed by atoms with E-state index in [1.807, 2.05) is 23.1 Å². The lowest BCUT2D eigenvalue weighted by atomic mass is 10.0. The van der Waals surface area contributed by atoms with Crippen LogP contribution < -0.4 is 5.32 Å². The first-order valence-corrected chi connectivity index (χ1v) is 8.53. The third-order valence-corrected chi connectivity index (χ3v) is 5.44. The average molecular weight is 304 g/mol. The Balaban J connectivity index is 2.04. The molecule has 2 heterocycles. The summed E-state index contributed by atoms with van der Waals surface area (Å²) < 4.78 is 1.97.